The summed E-state index contributed by atoms with van der Waals surface area (Å²) in [6.45, 7) is 0.466. The number of nitrogens with zero attached hydrogens (tertiary/aromatic N) is 3. The van der Waals surface area contributed by atoms with Gasteiger partial charge in [0.05, 0.1) is 24.3 Å². The second-order valence-electron chi connectivity index (χ2n) is 7.64. The van der Waals surface area contributed by atoms with E-state index in [2.05, 4.69) is 29.2 Å². The van der Waals surface area contributed by atoms with Crippen molar-refractivity contribution in [1.29, 1.82) is 0 Å². The Morgan fingerprint density at radius 1 is 0.968 bits per heavy atom. The fourth-order valence-corrected chi connectivity index (χ4v) is 3.93. The van der Waals surface area contributed by atoms with Gasteiger partial charge >= 0.3 is 0 Å². The summed E-state index contributed by atoms with van der Waals surface area (Å²) < 4.78 is 17.2. The molecule has 5 rings (SSSR count). The van der Waals surface area contributed by atoms with Crippen molar-refractivity contribution in [3.8, 4) is 11.1 Å². The molecule has 0 aliphatic carbocycles. The van der Waals surface area contributed by atoms with E-state index < -0.39 is 0 Å². The minimum absolute atomic E-state index is 0.151. The van der Waals surface area contributed by atoms with Gasteiger partial charge in [0.15, 0.2) is 0 Å². The first-order valence-corrected chi connectivity index (χ1v) is 10.0. The molecule has 3 aromatic carbocycles. The molecule has 0 saturated heterocycles. The van der Waals surface area contributed by atoms with Crippen LogP contribution in [0.4, 0.5) is 4.39 Å². The minimum atomic E-state index is -0.364. The average Bonchev–Trinajstić information content (AvgIpc) is 3.39. The molecule has 0 unspecified atom stereocenters. The lowest BCUT2D eigenvalue weighted by atomic mass is 9.99. The number of benzene rings is 3. The van der Waals surface area contributed by atoms with Gasteiger partial charge in [-0.25, -0.2) is 9.37 Å². The maximum Gasteiger partial charge on any atom is 0.209 e. The number of hydrogen-bond donors (Lipinski definition) is 0. The molecule has 0 aliphatic heterocycles. The first kappa shape index (κ1) is 19.0. The number of carbonyl (C=O) groups excluding carboxylic acids is 1. The number of aryl methyl sites for hydroxylation is 1. The predicted octanol–water partition coefficient (Wildman–Crippen LogP) is 5.46. The number of aromatic nitrogens is 3. The summed E-state index contributed by atoms with van der Waals surface area (Å²) in [7, 11) is 1.91. The molecule has 2 aromatic heterocycles. The van der Waals surface area contributed by atoms with Crippen molar-refractivity contribution >= 4 is 16.6 Å². The molecule has 0 amide bonds. The Morgan fingerprint density at radius 3 is 2.52 bits per heavy atom. The smallest absolute Gasteiger partial charge is 0.209 e. The van der Waals surface area contributed by atoms with E-state index in [1.54, 1.807) is 6.33 Å². The van der Waals surface area contributed by atoms with E-state index in [0.717, 1.165) is 27.6 Å². The molecule has 0 bridgehead atoms. The highest BCUT2D eigenvalue weighted by Crippen LogP contribution is 2.31. The first-order valence-electron chi connectivity index (χ1n) is 10.0. The van der Waals surface area contributed by atoms with Crippen molar-refractivity contribution < 1.29 is 9.18 Å². The summed E-state index contributed by atoms with van der Waals surface area (Å²) in [5.74, 6) is -0.515. The summed E-state index contributed by atoms with van der Waals surface area (Å²) in [5.41, 5.74) is 3.87. The third-order valence-corrected chi connectivity index (χ3v) is 5.43. The highest BCUT2D eigenvalue weighted by Gasteiger charge is 2.18. The molecular formula is C26H20FN3O. The maximum absolute atomic E-state index is 13.4. The Balaban J connectivity index is 1.64. The standard InChI is InChI=1S/C26H20FN3O/c1-29-15-22(28-17-29)16-30-14-20(24-8-4-6-18-5-2-3-7-23(18)24)13-25(30)26(31)19-9-11-21(27)12-10-19/h2-15,17H,16H2,1H3. The monoisotopic (exact) mass is 409 g/mol. The van der Waals surface area contributed by atoms with Crippen LogP contribution in [0.15, 0.2) is 91.5 Å². The number of halogens is 1. The van der Waals surface area contributed by atoms with Gasteiger partial charge in [-0.1, -0.05) is 42.5 Å². The van der Waals surface area contributed by atoms with Gasteiger partial charge in [0, 0.05) is 30.6 Å². The van der Waals surface area contributed by atoms with E-state index in [1.165, 1.54) is 24.3 Å². The number of imidazole rings is 1. The van der Waals surface area contributed by atoms with Crippen molar-refractivity contribution in [3.63, 3.8) is 0 Å². The quantitative estimate of drug-likeness (QED) is 0.362. The summed E-state index contributed by atoms with van der Waals surface area (Å²) in [6, 6.07) is 21.9. The molecule has 2 heterocycles. The van der Waals surface area contributed by atoms with Gasteiger partial charge in [-0.2, -0.15) is 0 Å². The van der Waals surface area contributed by atoms with Gasteiger partial charge in [0.1, 0.15) is 5.82 Å². The molecule has 4 nitrogen and oxygen atoms in total. The van der Waals surface area contributed by atoms with Gasteiger partial charge in [-0.05, 0) is 46.7 Å². The van der Waals surface area contributed by atoms with Crippen LogP contribution in [-0.2, 0) is 13.6 Å². The molecule has 5 aromatic rings. The summed E-state index contributed by atoms with van der Waals surface area (Å²) in [6.07, 6.45) is 5.67. The second-order valence-corrected chi connectivity index (χ2v) is 7.64. The Kier molecular flexibility index (Phi) is 4.71. The van der Waals surface area contributed by atoms with Gasteiger partial charge in [-0.3, -0.25) is 4.79 Å². The molecule has 31 heavy (non-hydrogen) atoms. The molecule has 0 radical (unpaired) electrons. The molecule has 152 valence electrons. The van der Waals surface area contributed by atoms with Crippen molar-refractivity contribution in [2.75, 3.05) is 0 Å². The Morgan fingerprint density at radius 2 is 1.74 bits per heavy atom. The molecule has 0 saturated carbocycles. The number of rotatable bonds is 5. The maximum atomic E-state index is 13.4. The van der Waals surface area contributed by atoms with Crippen LogP contribution in [-0.4, -0.2) is 19.9 Å². The first-order chi connectivity index (χ1) is 15.1. The number of carbonyl (C=O) groups is 1. The minimum Gasteiger partial charge on any atom is -0.340 e. The van der Waals surface area contributed by atoms with Crippen molar-refractivity contribution in [3.05, 3.63) is 114 Å². The van der Waals surface area contributed by atoms with Crippen molar-refractivity contribution in [1.82, 2.24) is 14.1 Å². The topological polar surface area (TPSA) is 39.8 Å². The molecule has 0 spiro atoms. The number of hydrogen-bond acceptors (Lipinski definition) is 2. The zero-order valence-corrected chi connectivity index (χ0v) is 17.0. The number of ketones is 1. The van der Waals surface area contributed by atoms with Crippen LogP contribution in [0, 0.1) is 5.82 Å². The third-order valence-electron chi connectivity index (χ3n) is 5.43. The van der Waals surface area contributed by atoms with Crippen LogP contribution >= 0.6 is 0 Å². The summed E-state index contributed by atoms with van der Waals surface area (Å²) in [5, 5.41) is 2.27. The zero-order valence-electron chi connectivity index (χ0n) is 17.0. The van der Waals surface area contributed by atoms with E-state index in [4.69, 9.17) is 0 Å². The SMILES string of the molecule is Cn1cnc(Cn2cc(-c3cccc4ccccc34)cc2C(=O)c2ccc(F)cc2)c1. The highest BCUT2D eigenvalue weighted by atomic mass is 19.1. The number of fused-ring (bicyclic) bond motifs is 1. The van der Waals surface area contributed by atoms with E-state index in [9.17, 15) is 9.18 Å². The predicted molar refractivity (Wildman–Crippen MR) is 120 cm³/mol. The van der Waals surface area contributed by atoms with Crippen molar-refractivity contribution in [2.45, 2.75) is 6.54 Å². The Hall–Kier alpha value is -3.99. The Bertz CT molecular complexity index is 1390. The van der Waals surface area contributed by atoms with E-state index >= 15 is 0 Å². The fraction of sp³-hybridized carbons (Fsp3) is 0.0769. The lowest BCUT2D eigenvalue weighted by molar-refractivity contribution is 0.103. The van der Waals surface area contributed by atoms with E-state index in [1.807, 2.05) is 52.8 Å². The van der Waals surface area contributed by atoms with Crippen LogP contribution in [0.5, 0.6) is 0 Å². The van der Waals surface area contributed by atoms with Crippen LogP contribution < -0.4 is 0 Å². The fourth-order valence-electron chi connectivity index (χ4n) is 3.93. The van der Waals surface area contributed by atoms with Crippen LogP contribution in [0.1, 0.15) is 21.7 Å². The molecule has 0 N–H and O–H groups in total. The average molecular weight is 409 g/mol. The van der Waals surface area contributed by atoms with Crippen molar-refractivity contribution in [2.24, 2.45) is 7.05 Å². The zero-order chi connectivity index (χ0) is 21.4. The van der Waals surface area contributed by atoms with Crippen LogP contribution in [0.25, 0.3) is 21.9 Å². The second kappa shape index (κ2) is 7.69. The molecule has 0 aliphatic rings. The van der Waals surface area contributed by atoms with Gasteiger partial charge in [-0.15, -0.1) is 0 Å². The lowest BCUT2D eigenvalue weighted by Crippen LogP contribution is -2.10. The van der Waals surface area contributed by atoms with Gasteiger partial charge in [0.25, 0.3) is 0 Å². The normalized spacial score (nSPS) is 11.2. The van der Waals surface area contributed by atoms with Crippen LogP contribution in [0.3, 0.4) is 0 Å². The summed E-state index contributed by atoms with van der Waals surface area (Å²) >= 11 is 0. The summed E-state index contributed by atoms with van der Waals surface area (Å²) in [4.78, 5) is 17.7. The third kappa shape index (κ3) is 3.66. The lowest BCUT2D eigenvalue weighted by Gasteiger charge is -2.07. The van der Waals surface area contributed by atoms with Gasteiger partial charge in [0.2, 0.25) is 5.78 Å². The molecule has 5 heteroatoms. The Labute approximate surface area is 179 Å². The van der Waals surface area contributed by atoms with E-state index in [-0.39, 0.29) is 11.6 Å². The van der Waals surface area contributed by atoms with E-state index in [0.29, 0.717) is 17.8 Å². The molecule has 0 fully saturated rings. The largest absolute Gasteiger partial charge is 0.340 e. The van der Waals surface area contributed by atoms with Gasteiger partial charge < -0.3 is 9.13 Å². The molecular weight excluding hydrogens is 389 g/mol. The highest BCUT2D eigenvalue weighted by molar-refractivity contribution is 6.09. The van der Waals surface area contributed by atoms with Crippen LogP contribution in [0.2, 0.25) is 0 Å². The molecule has 0 atom stereocenters.